The molecule has 30 heavy (non-hydrogen) atoms. The van der Waals surface area contributed by atoms with Crippen LogP contribution in [-0.4, -0.2) is 34.5 Å². The minimum absolute atomic E-state index is 0.137. The molecule has 1 unspecified atom stereocenters. The molecule has 8 heteroatoms. The maximum Gasteiger partial charge on any atom is 0.416 e. The Bertz CT molecular complexity index is 1090. The van der Waals surface area contributed by atoms with Crippen LogP contribution in [0.4, 0.5) is 18.9 Å². The van der Waals surface area contributed by atoms with Crippen molar-refractivity contribution in [3.63, 3.8) is 0 Å². The van der Waals surface area contributed by atoms with Crippen LogP contribution in [0.3, 0.4) is 0 Å². The van der Waals surface area contributed by atoms with Gasteiger partial charge in [-0.15, -0.1) is 0 Å². The van der Waals surface area contributed by atoms with Gasteiger partial charge in [0, 0.05) is 23.8 Å². The Labute approximate surface area is 173 Å². The number of methoxy groups -OCH3 is 1. The van der Waals surface area contributed by atoms with Gasteiger partial charge < -0.3 is 9.64 Å². The molecular weight excluding hydrogens is 393 g/mol. The van der Waals surface area contributed by atoms with Gasteiger partial charge in [0.2, 0.25) is 0 Å². The van der Waals surface area contributed by atoms with Crippen molar-refractivity contribution in [2.45, 2.75) is 52.4 Å². The van der Waals surface area contributed by atoms with Crippen LogP contribution in [0, 0.1) is 6.92 Å². The Hall–Kier alpha value is -2.77. The largest absolute Gasteiger partial charge is 0.496 e. The number of nitrogens with zero attached hydrogens (tertiary/aromatic N) is 4. The van der Waals surface area contributed by atoms with Crippen molar-refractivity contribution in [3.8, 4) is 17.0 Å². The third-order valence-electron chi connectivity index (χ3n) is 5.66. The predicted molar refractivity (Wildman–Crippen MR) is 111 cm³/mol. The van der Waals surface area contributed by atoms with Crippen LogP contribution in [-0.2, 0) is 12.7 Å². The normalized spacial score (nSPS) is 16.4. The molecule has 0 aliphatic carbocycles. The Morgan fingerprint density at radius 1 is 1.20 bits per heavy atom. The summed E-state index contributed by atoms with van der Waals surface area (Å²) in [5.41, 5.74) is 3.86. The van der Waals surface area contributed by atoms with Gasteiger partial charge in [0.05, 0.1) is 24.9 Å². The maximum atomic E-state index is 13.2. The van der Waals surface area contributed by atoms with E-state index >= 15 is 0 Å². The van der Waals surface area contributed by atoms with Crippen LogP contribution in [0.2, 0.25) is 0 Å². The number of halogens is 3. The van der Waals surface area contributed by atoms with E-state index in [1.165, 1.54) is 13.2 Å². The molecule has 1 aliphatic heterocycles. The fourth-order valence-corrected chi connectivity index (χ4v) is 4.27. The highest BCUT2D eigenvalue weighted by molar-refractivity contribution is 5.99. The fourth-order valence-electron chi connectivity index (χ4n) is 4.27. The summed E-state index contributed by atoms with van der Waals surface area (Å²) >= 11 is 0. The van der Waals surface area contributed by atoms with Crippen LogP contribution < -0.4 is 9.64 Å². The summed E-state index contributed by atoms with van der Waals surface area (Å²) in [5.74, 6) is 0.137. The molecule has 1 aromatic carbocycles. The van der Waals surface area contributed by atoms with E-state index in [0.29, 0.717) is 29.4 Å². The average Bonchev–Trinajstić information content (AvgIpc) is 3.07. The van der Waals surface area contributed by atoms with Crippen molar-refractivity contribution in [2.24, 2.45) is 0 Å². The predicted octanol–water partition coefficient (Wildman–Crippen LogP) is 5.44. The molecule has 5 nitrogen and oxygen atoms in total. The minimum atomic E-state index is -4.44. The summed E-state index contributed by atoms with van der Waals surface area (Å²) < 4.78 is 46.8. The van der Waals surface area contributed by atoms with Crippen LogP contribution in [0.1, 0.15) is 37.9 Å². The van der Waals surface area contributed by atoms with E-state index in [4.69, 9.17) is 14.8 Å². The molecule has 0 fully saturated rings. The number of aromatic nitrogens is 3. The van der Waals surface area contributed by atoms with Gasteiger partial charge in [-0.05, 0) is 44.0 Å². The summed E-state index contributed by atoms with van der Waals surface area (Å²) in [6, 6.07) is 5.90. The van der Waals surface area contributed by atoms with Crippen LogP contribution in [0.15, 0.2) is 24.3 Å². The van der Waals surface area contributed by atoms with Gasteiger partial charge in [0.15, 0.2) is 0 Å². The highest BCUT2D eigenvalue weighted by Gasteiger charge is 2.33. The zero-order valence-electron chi connectivity index (χ0n) is 17.5. The van der Waals surface area contributed by atoms with Crippen LogP contribution in [0.25, 0.3) is 22.3 Å². The van der Waals surface area contributed by atoms with Gasteiger partial charge in [-0.25, -0.2) is 4.98 Å². The lowest BCUT2D eigenvalue weighted by atomic mass is 10.0. The Morgan fingerprint density at radius 3 is 2.60 bits per heavy atom. The van der Waals surface area contributed by atoms with Gasteiger partial charge in [-0.1, -0.05) is 13.8 Å². The number of ether oxygens (including phenoxy) is 1. The van der Waals surface area contributed by atoms with Crippen molar-refractivity contribution >= 4 is 16.7 Å². The zero-order chi connectivity index (χ0) is 21.6. The molecular formula is C22H25F3N4O. The second-order valence-electron chi connectivity index (χ2n) is 7.68. The molecule has 3 heterocycles. The lowest BCUT2D eigenvalue weighted by Crippen LogP contribution is -2.42. The third-order valence-corrected chi connectivity index (χ3v) is 5.66. The molecule has 0 spiro atoms. The topological polar surface area (TPSA) is 43.2 Å². The molecule has 0 saturated carbocycles. The highest BCUT2D eigenvalue weighted by atomic mass is 19.4. The summed E-state index contributed by atoms with van der Waals surface area (Å²) in [5, 5.41) is 4.79. The Morgan fingerprint density at radius 2 is 1.97 bits per heavy atom. The Kier molecular flexibility index (Phi) is 5.11. The van der Waals surface area contributed by atoms with Crippen molar-refractivity contribution in [2.75, 3.05) is 18.6 Å². The molecule has 1 atom stereocenters. The van der Waals surface area contributed by atoms with Crippen LogP contribution >= 0.6 is 0 Å². The number of alkyl halides is 3. The molecule has 4 rings (SSSR count). The van der Waals surface area contributed by atoms with Crippen LogP contribution in [0.5, 0.6) is 5.75 Å². The molecule has 0 saturated heterocycles. The number of hydrogen-bond acceptors (Lipinski definition) is 4. The van der Waals surface area contributed by atoms with Gasteiger partial charge in [-0.3, -0.25) is 4.68 Å². The van der Waals surface area contributed by atoms with E-state index in [-0.39, 0.29) is 5.75 Å². The van der Waals surface area contributed by atoms with Crippen molar-refractivity contribution in [1.82, 2.24) is 14.8 Å². The highest BCUT2D eigenvalue weighted by Crippen LogP contribution is 2.42. The van der Waals surface area contributed by atoms with E-state index in [1.54, 1.807) is 0 Å². The SMILES string of the molecule is CCCN1c2cc(C)nc3c(-c4ccc(C(F)(F)F)cc4OC)nn(c23)CC1CC. The standard InChI is InChI=1S/C22H25F3N4O/c1-5-9-28-15(6-2)12-29-21-17(28)10-13(3)26-20(21)19(27-29)16-8-7-14(22(23,24)25)11-18(16)30-4/h7-8,10-11,15H,5-6,9,12H2,1-4H3. The quantitative estimate of drug-likeness (QED) is 0.553. The molecule has 0 bridgehead atoms. The number of pyridine rings is 1. The zero-order valence-corrected chi connectivity index (χ0v) is 17.5. The fraction of sp³-hybridized carbons (Fsp3) is 0.455. The van der Waals surface area contributed by atoms with E-state index in [2.05, 4.69) is 24.8 Å². The first-order chi connectivity index (χ1) is 14.3. The van der Waals surface area contributed by atoms with Gasteiger partial charge in [0.25, 0.3) is 0 Å². The molecule has 0 N–H and O–H groups in total. The summed E-state index contributed by atoms with van der Waals surface area (Å²) in [4.78, 5) is 7.13. The lowest BCUT2D eigenvalue weighted by Gasteiger charge is -2.37. The summed E-state index contributed by atoms with van der Waals surface area (Å²) in [6.45, 7) is 7.89. The monoisotopic (exact) mass is 418 g/mol. The first-order valence-electron chi connectivity index (χ1n) is 10.2. The van der Waals surface area contributed by atoms with Crippen molar-refractivity contribution in [3.05, 3.63) is 35.5 Å². The Balaban J connectivity index is 1.95. The molecule has 0 amide bonds. The van der Waals surface area contributed by atoms with E-state index in [1.807, 2.05) is 11.6 Å². The summed E-state index contributed by atoms with van der Waals surface area (Å²) in [6.07, 6.45) is -2.44. The third kappa shape index (κ3) is 3.28. The number of aryl methyl sites for hydroxylation is 1. The lowest BCUT2D eigenvalue weighted by molar-refractivity contribution is -0.137. The van der Waals surface area contributed by atoms with E-state index in [0.717, 1.165) is 48.4 Å². The second-order valence-corrected chi connectivity index (χ2v) is 7.68. The maximum absolute atomic E-state index is 13.2. The molecule has 1 aliphatic rings. The summed E-state index contributed by atoms with van der Waals surface area (Å²) in [7, 11) is 1.37. The van der Waals surface area contributed by atoms with Gasteiger partial charge >= 0.3 is 6.18 Å². The smallest absolute Gasteiger partial charge is 0.416 e. The molecule has 3 aromatic rings. The molecule has 2 aromatic heterocycles. The number of hydrogen-bond donors (Lipinski definition) is 0. The van der Waals surface area contributed by atoms with Gasteiger partial charge in [-0.2, -0.15) is 18.3 Å². The molecule has 160 valence electrons. The average molecular weight is 418 g/mol. The first-order valence-corrected chi connectivity index (χ1v) is 10.2. The van der Waals surface area contributed by atoms with Crippen molar-refractivity contribution < 1.29 is 17.9 Å². The second kappa shape index (κ2) is 7.49. The van der Waals surface area contributed by atoms with E-state index < -0.39 is 11.7 Å². The van der Waals surface area contributed by atoms with E-state index in [9.17, 15) is 13.2 Å². The molecule has 0 radical (unpaired) electrons. The number of benzene rings is 1. The first kappa shape index (κ1) is 20.5. The van der Waals surface area contributed by atoms with Crippen molar-refractivity contribution in [1.29, 1.82) is 0 Å². The minimum Gasteiger partial charge on any atom is -0.496 e. The van der Waals surface area contributed by atoms with Gasteiger partial charge in [0.1, 0.15) is 22.5 Å². The number of anilines is 1. The number of rotatable bonds is 5.